The Kier molecular flexibility index (Phi) is 4.66. The van der Waals surface area contributed by atoms with Gasteiger partial charge in [0.25, 0.3) is 11.8 Å². The van der Waals surface area contributed by atoms with Crippen molar-refractivity contribution in [1.82, 2.24) is 9.88 Å². The summed E-state index contributed by atoms with van der Waals surface area (Å²) in [4.78, 5) is 30.5. The Balaban J connectivity index is 1.72. The molecule has 3 rings (SSSR count). The van der Waals surface area contributed by atoms with Crippen LogP contribution >= 0.6 is 0 Å². The van der Waals surface area contributed by atoms with E-state index in [0.29, 0.717) is 16.8 Å². The van der Waals surface area contributed by atoms with Gasteiger partial charge in [0.15, 0.2) is 0 Å². The van der Waals surface area contributed by atoms with E-state index in [1.54, 1.807) is 42.6 Å². The highest BCUT2D eigenvalue weighted by molar-refractivity contribution is 6.04. The first-order valence-corrected chi connectivity index (χ1v) is 7.85. The zero-order chi connectivity index (χ0) is 16.1. The molecular formula is C18H19N3O2. The fourth-order valence-corrected chi connectivity index (χ4v) is 2.71. The highest BCUT2D eigenvalue weighted by atomic mass is 16.2. The average molecular weight is 309 g/mol. The van der Waals surface area contributed by atoms with Crippen LogP contribution in [0.3, 0.4) is 0 Å². The summed E-state index contributed by atoms with van der Waals surface area (Å²) in [6.45, 7) is 1.62. The van der Waals surface area contributed by atoms with E-state index in [0.717, 1.165) is 25.9 Å². The zero-order valence-corrected chi connectivity index (χ0v) is 12.9. The molecule has 1 aliphatic rings. The molecule has 23 heavy (non-hydrogen) atoms. The standard InChI is InChI=1S/C18H19N3O2/c22-17(15-7-5-9-19-13-15)20-16-8-4-6-14(12-16)18(23)21-10-2-1-3-11-21/h4-9,12-13H,1-3,10-11H2,(H,20,22). The van der Waals surface area contributed by atoms with Gasteiger partial charge in [-0.25, -0.2) is 0 Å². The molecule has 118 valence electrons. The number of amides is 2. The molecule has 0 aliphatic carbocycles. The number of anilines is 1. The molecule has 1 N–H and O–H groups in total. The summed E-state index contributed by atoms with van der Waals surface area (Å²) in [7, 11) is 0. The van der Waals surface area contributed by atoms with Crippen LogP contribution in [0.15, 0.2) is 48.8 Å². The highest BCUT2D eigenvalue weighted by Gasteiger charge is 2.18. The largest absolute Gasteiger partial charge is 0.339 e. The quantitative estimate of drug-likeness (QED) is 0.948. The second-order valence-electron chi connectivity index (χ2n) is 5.63. The molecule has 2 heterocycles. The molecule has 2 amide bonds. The summed E-state index contributed by atoms with van der Waals surface area (Å²) >= 11 is 0. The predicted octanol–water partition coefficient (Wildman–Crippen LogP) is 2.96. The van der Waals surface area contributed by atoms with Crippen LogP contribution in [0.25, 0.3) is 0 Å². The number of benzene rings is 1. The predicted molar refractivity (Wildman–Crippen MR) is 88.4 cm³/mol. The summed E-state index contributed by atoms with van der Waals surface area (Å²) in [6, 6.07) is 10.5. The Morgan fingerprint density at radius 1 is 1.00 bits per heavy atom. The molecule has 0 saturated carbocycles. The first-order valence-electron chi connectivity index (χ1n) is 7.85. The van der Waals surface area contributed by atoms with Gasteiger partial charge in [-0.15, -0.1) is 0 Å². The lowest BCUT2D eigenvalue weighted by atomic mass is 10.1. The minimum Gasteiger partial charge on any atom is -0.339 e. The van der Waals surface area contributed by atoms with E-state index < -0.39 is 0 Å². The van der Waals surface area contributed by atoms with Crippen LogP contribution in [0.4, 0.5) is 5.69 Å². The number of carbonyl (C=O) groups excluding carboxylic acids is 2. The molecule has 0 radical (unpaired) electrons. The van der Waals surface area contributed by atoms with Crippen LogP contribution in [-0.4, -0.2) is 34.8 Å². The van der Waals surface area contributed by atoms with Crippen molar-refractivity contribution >= 4 is 17.5 Å². The van der Waals surface area contributed by atoms with E-state index in [2.05, 4.69) is 10.3 Å². The molecule has 2 aromatic rings. The summed E-state index contributed by atoms with van der Waals surface area (Å²) in [5.41, 5.74) is 1.71. The Morgan fingerprint density at radius 3 is 2.52 bits per heavy atom. The molecule has 0 bridgehead atoms. The topological polar surface area (TPSA) is 62.3 Å². The number of nitrogens with zero attached hydrogens (tertiary/aromatic N) is 2. The van der Waals surface area contributed by atoms with Gasteiger partial charge in [0.1, 0.15) is 0 Å². The Labute approximate surface area is 135 Å². The van der Waals surface area contributed by atoms with E-state index in [1.165, 1.54) is 12.6 Å². The Hall–Kier alpha value is -2.69. The summed E-state index contributed by atoms with van der Waals surface area (Å²) in [6.07, 6.45) is 6.43. The number of nitrogens with one attached hydrogen (secondary N) is 1. The van der Waals surface area contributed by atoms with Crippen LogP contribution in [0.5, 0.6) is 0 Å². The monoisotopic (exact) mass is 309 g/mol. The third-order valence-corrected chi connectivity index (χ3v) is 3.93. The maximum atomic E-state index is 12.5. The van der Waals surface area contributed by atoms with Crippen molar-refractivity contribution in [2.45, 2.75) is 19.3 Å². The molecule has 1 aromatic carbocycles. The van der Waals surface area contributed by atoms with Gasteiger partial charge >= 0.3 is 0 Å². The minimum absolute atomic E-state index is 0.0298. The smallest absolute Gasteiger partial charge is 0.257 e. The number of pyridine rings is 1. The summed E-state index contributed by atoms with van der Waals surface area (Å²) < 4.78 is 0. The third kappa shape index (κ3) is 3.74. The molecule has 0 unspecified atom stereocenters. The van der Waals surface area contributed by atoms with Gasteiger partial charge in [-0.05, 0) is 49.6 Å². The van der Waals surface area contributed by atoms with Crippen LogP contribution < -0.4 is 5.32 Å². The molecule has 0 atom stereocenters. The van der Waals surface area contributed by atoms with E-state index in [1.807, 2.05) is 4.90 Å². The lowest BCUT2D eigenvalue weighted by molar-refractivity contribution is 0.0724. The second kappa shape index (κ2) is 7.05. The van der Waals surface area contributed by atoms with Crippen LogP contribution in [0.2, 0.25) is 0 Å². The van der Waals surface area contributed by atoms with Crippen molar-refractivity contribution in [3.63, 3.8) is 0 Å². The number of carbonyl (C=O) groups is 2. The molecule has 5 heteroatoms. The lowest BCUT2D eigenvalue weighted by Crippen LogP contribution is -2.35. The van der Waals surface area contributed by atoms with Crippen molar-refractivity contribution in [2.75, 3.05) is 18.4 Å². The number of likely N-dealkylation sites (tertiary alicyclic amines) is 1. The third-order valence-electron chi connectivity index (χ3n) is 3.93. The van der Waals surface area contributed by atoms with E-state index in [-0.39, 0.29) is 11.8 Å². The number of aromatic nitrogens is 1. The average Bonchev–Trinajstić information content (AvgIpc) is 2.63. The van der Waals surface area contributed by atoms with Gasteiger partial charge < -0.3 is 10.2 Å². The van der Waals surface area contributed by atoms with Crippen LogP contribution in [0.1, 0.15) is 40.0 Å². The van der Waals surface area contributed by atoms with Crippen molar-refractivity contribution in [3.05, 3.63) is 59.9 Å². The summed E-state index contributed by atoms with van der Waals surface area (Å²) in [5.74, 6) is -0.206. The van der Waals surface area contributed by atoms with Crippen molar-refractivity contribution in [1.29, 1.82) is 0 Å². The molecule has 0 spiro atoms. The fourth-order valence-electron chi connectivity index (χ4n) is 2.71. The number of rotatable bonds is 3. The maximum Gasteiger partial charge on any atom is 0.257 e. The van der Waals surface area contributed by atoms with Gasteiger partial charge in [-0.3, -0.25) is 14.6 Å². The van der Waals surface area contributed by atoms with Crippen molar-refractivity contribution in [2.24, 2.45) is 0 Å². The van der Waals surface area contributed by atoms with Gasteiger partial charge in [0.05, 0.1) is 5.56 Å². The van der Waals surface area contributed by atoms with Gasteiger partial charge in [0.2, 0.25) is 0 Å². The zero-order valence-electron chi connectivity index (χ0n) is 12.9. The van der Waals surface area contributed by atoms with Gasteiger partial charge in [0, 0.05) is 36.7 Å². The molecule has 5 nitrogen and oxygen atoms in total. The van der Waals surface area contributed by atoms with Crippen LogP contribution in [-0.2, 0) is 0 Å². The van der Waals surface area contributed by atoms with Crippen molar-refractivity contribution < 1.29 is 9.59 Å². The maximum absolute atomic E-state index is 12.5. The first-order chi connectivity index (χ1) is 11.2. The summed E-state index contributed by atoms with van der Waals surface area (Å²) in [5, 5.41) is 2.81. The Morgan fingerprint density at radius 2 is 1.78 bits per heavy atom. The number of hydrogen-bond donors (Lipinski definition) is 1. The number of piperidine rings is 1. The van der Waals surface area contributed by atoms with Gasteiger partial charge in [-0.2, -0.15) is 0 Å². The highest BCUT2D eigenvalue weighted by Crippen LogP contribution is 2.17. The molecule has 1 aromatic heterocycles. The Bertz CT molecular complexity index is 694. The van der Waals surface area contributed by atoms with E-state index in [9.17, 15) is 9.59 Å². The molecule has 1 aliphatic heterocycles. The second-order valence-corrected chi connectivity index (χ2v) is 5.63. The van der Waals surface area contributed by atoms with Gasteiger partial charge in [-0.1, -0.05) is 6.07 Å². The minimum atomic E-state index is -0.235. The molecule has 1 saturated heterocycles. The lowest BCUT2D eigenvalue weighted by Gasteiger charge is -2.26. The fraction of sp³-hybridized carbons (Fsp3) is 0.278. The normalized spacial score (nSPS) is 14.3. The molecular weight excluding hydrogens is 290 g/mol. The van der Waals surface area contributed by atoms with E-state index >= 15 is 0 Å². The van der Waals surface area contributed by atoms with Crippen molar-refractivity contribution in [3.8, 4) is 0 Å². The number of hydrogen-bond acceptors (Lipinski definition) is 3. The SMILES string of the molecule is O=C(Nc1cccc(C(=O)N2CCCCC2)c1)c1cccnc1. The van der Waals surface area contributed by atoms with Crippen LogP contribution in [0, 0.1) is 0 Å². The molecule has 1 fully saturated rings. The van der Waals surface area contributed by atoms with E-state index in [4.69, 9.17) is 0 Å². The first kappa shape index (κ1) is 15.2.